The van der Waals surface area contributed by atoms with Crippen molar-refractivity contribution in [3.63, 3.8) is 0 Å². The Morgan fingerprint density at radius 3 is 2.74 bits per heavy atom. The molecule has 1 fully saturated rings. The highest BCUT2D eigenvalue weighted by atomic mass is 35.5. The number of hydrogen-bond donors (Lipinski definition) is 2. The minimum atomic E-state index is -0.246. The van der Waals surface area contributed by atoms with Crippen LogP contribution in [0.15, 0.2) is 24.3 Å². The van der Waals surface area contributed by atoms with Crippen molar-refractivity contribution in [2.24, 2.45) is 0 Å². The lowest BCUT2D eigenvalue weighted by Gasteiger charge is -2.03. The number of amides is 1. The minimum absolute atomic E-state index is 0.246. The van der Waals surface area contributed by atoms with Crippen LogP contribution in [0, 0.1) is 0 Å². The quantitative estimate of drug-likeness (QED) is 0.904. The van der Waals surface area contributed by atoms with E-state index in [4.69, 9.17) is 23.2 Å². The molecule has 1 saturated carbocycles. The third-order valence-electron chi connectivity index (χ3n) is 3.02. The Labute approximate surface area is 120 Å². The largest absolute Gasteiger partial charge is 0.307 e. The van der Waals surface area contributed by atoms with Gasteiger partial charge in [-0.25, -0.2) is 0 Å². The zero-order chi connectivity index (χ0) is 13.4. The SMILES string of the molecule is O=C(Nc1cc(C2CC2)n[nH]1)c1ccc(Cl)c(Cl)c1. The van der Waals surface area contributed by atoms with Crippen LogP contribution in [0.2, 0.25) is 10.0 Å². The van der Waals surface area contributed by atoms with E-state index < -0.39 is 0 Å². The molecule has 1 aromatic carbocycles. The van der Waals surface area contributed by atoms with Gasteiger partial charge in [0.25, 0.3) is 5.91 Å². The van der Waals surface area contributed by atoms with Gasteiger partial charge in [-0.15, -0.1) is 0 Å². The van der Waals surface area contributed by atoms with Crippen molar-refractivity contribution >= 4 is 34.9 Å². The van der Waals surface area contributed by atoms with E-state index in [0.29, 0.717) is 27.3 Å². The first-order valence-electron chi connectivity index (χ1n) is 5.95. The molecule has 4 nitrogen and oxygen atoms in total. The second kappa shape index (κ2) is 4.87. The molecule has 0 atom stereocenters. The highest BCUT2D eigenvalue weighted by Gasteiger charge is 2.26. The van der Waals surface area contributed by atoms with Crippen molar-refractivity contribution in [2.75, 3.05) is 5.32 Å². The van der Waals surface area contributed by atoms with Gasteiger partial charge in [0.2, 0.25) is 0 Å². The number of nitrogens with one attached hydrogen (secondary N) is 2. The Balaban J connectivity index is 1.74. The number of H-pyrrole nitrogens is 1. The van der Waals surface area contributed by atoms with E-state index in [2.05, 4.69) is 15.5 Å². The molecule has 2 aromatic rings. The third-order valence-corrected chi connectivity index (χ3v) is 3.76. The van der Waals surface area contributed by atoms with Gasteiger partial charge < -0.3 is 5.32 Å². The monoisotopic (exact) mass is 295 g/mol. The van der Waals surface area contributed by atoms with Crippen LogP contribution in [0.1, 0.15) is 34.8 Å². The molecule has 6 heteroatoms. The Morgan fingerprint density at radius 1 is 1.26 bits per heavy atom. The van der Waals surface area contributed by atoms with Crippen molar-refractivity contribution < 1.29 is 4.79 Å². The van der Waals surface area contributed by atoms with Crippen LogP contribution in [0.3, 0.4) is 0 Å². The Kier molecular flexibility index (Phi) is 3.21. The van der Waals surface area contributed by atoms with Gasteiger partial charge in [-0.1, -0.05) is 23.2 Å². The average Bonchev–Trinajstić information content (AvgIpc) is 3.14. The topological polar surface area (TPSA) is 57.8 Å². The molecule has 3 rings (SSSR count). The molecule has 0 unspecified atom stereocenters. The Bertz CT molecular complexity index is 635. The third kappa shape index (κ3) is 2.74. The number of halogens is 2. The molecule has 98 valence electrons. The second-order valence-electron chi connectivity index (χ2n) is 4.56. The smallest absolute Gasteiger partial charge is 0.256 e. The summed E-state index contributed by atoms with van der Waals surface area (Å²) in [5.74, 6) is 0.898. The number of aromatic nitrogens is 2. The molecule has 1 heterocycles. The summed E-state index contributed by atoms with van der Waals surface area (Å²) >= 11 is 11.7. The maximum atomic E-state index is 12.0. The summed E-state index contributed by atoms with van der Waals surface area (Å²) in [4.78, 5) is 12.0. The molecule has 1 amide bonds. The standard InChI is InChI=1S/C13H11Cl2N3O/c14-9-4-3-8(5-10(9)15)13(19)16-12-6-11(17-18-12)7-1-2-7/h3-7H,1-2H2,(H2,16,17,18,19). The van der Waals surface area contributed by atoms with Crippen LogP contribution < -0.4 is 5.32 Å². The highest BCUT2D eigenvalue weighted by Crippen LogP contribution is 2.39. The number of carbonyl (C=O) groups is 1. The van der Waals surface area contributed by atoms with Crippen molar-refractivity contribution in [1.29, 1.82) is 0 Å². The summed E-state index contributed by atoms with van der Waals surface area (Å²) in [5, 5.41) is 10.5. The molecule has 1 aliphatic carbocycles. The molecule has 0 aliphatic heterocycles. The Hall–Kier alpha value is -1.52. The van der Waals surface area contributed by atoms with Gasteiger partial charge in [-0.2, -0.15) is 5.10 Å². The van der Waals surface area contributed by atoms with E-state index in [0.717, 1.165) is 5.69 Å². The lowest BCUT2D eigenvalue weighted by molar-refractivity contribution is 0.102. The van der Waals surface area contributed by atoms with Crippen molar-refractivity contribution in [1.82, 2.24) is 10.2 Å². The first-order chi connectivity index (χ1) is 9.13. The van der Waals surface area contributed by atoms with Crippen molar-refractivity contribution in [3.05, 3.63) is 45.6 Å². The van der Waals surface area contributed by atoms with Crippen LogP contribution >= 0.6 is 23.2 Å². The zero-order valence-corrected chi connectivity index (χ0v) is 11.4. The number of aromatic amines is 1. The molecule has 0 saturated heterocycles. The summed E-state index contributed by atoms with van der Waals surface area (Å²) in [6.45, 7) is 0. The minimum Gasteiger partial charge on any atom is -0.307 e. The van der Waals surface area contributed by atoms with Gasteiger partial charge in [0, 0.05) is 17.5 Å². The molecular formula is C13H11Cl2N3O. The van der Waals surface area contributed by atoms with Crippen molar-refractivity contribution in [3.8, 4) is 0 Å². The maximum Gasteiger partial charge on any atom is 0.256 e. The number of anilines is 1. The number of hydrogen-bond acceptors (Lipinski definition) is 2. The first kappa shape index (κ1) is 12.5. The highest BCUT2D eigenvalue weighted by molar-refractivity contribution is 6.42. The fourth-order valence-electron chi connectivity index (χ4n) is 1.82. The normalized spacial score (nSPS) is 14.4. The van der Waals surface area contributed by atoms with Crippen LogP contribution in [0.5, 0.6) is 0 Å². The van der Waals surface area contributed by atoms with Gasteiger partial charge in [0.15, 0.2) is 0 Å². The second-order valence-corrected chi connectivity index (χ2v) is 5.38. The maximum absolute atomic E-state index is 12.0. The summed E-state index contributed by atoms with van der Waals surface area (Å²) in [7, 11) is 0. The van der Waals surface area contributed by atoms with Crippen molar-refractivity contribution in [2.45, 2.75) is 18.8 Å². The molecule has 1 aromatic heterocycles. The summed E-state index contributed by atoms with van der Waals surface area (Å²) < 4.78 is 0. The first-order valence-corrected chi connectivity index (χ1v) is 6.71. The van der Waals surface area contributed by atoms with E-state index in [1.807, 2.05) is 6.07 Å². The average molecular weight is 296 g/mol. The molecule has 1 aliphatic rings. The predicted molar refractivity (Wildman–Crippen MR) is 75.0 cm³/mol. The zero-order valence-electron chi connectivity index (χ0n) is 9.91. The molecule has 2 N–H and O–H groups in total. The van der Waals surface area contributed by atoms with Gasteiger partial charge in [0.05, 0.1) is 15.7 Å². The predicted octanol–water partition coefficient (Wildman–Crippen LogP) is 3.85. The summed E-state index contributed by atoms with van der Waals surface area (Å²) in [5.41, 5.74) is 1.46. The fraction of sp³-hybridized carbons (Fsp3) is 0.231. The number of rotatable bonds is 3. The van der Waals surface area contributed by atoms with Gasteiger partial charge in [-0.3, -0.25) is 9.89 Å². The molecule has 0 spiro atoms. The van der Waals surface area contributed by atoms with Gasteiger partial charge in [0.1, 0.15) is 5.82 Å². The molecular weight excluding hydrogens is 285 g/mol. The van der Waals surface area contributed by atoms with Crippen LogP contribution in [0.4, 0.5) is 5.82 Å². The van der Waals surface area contributed by atoms with E-state index >= 15 is 0 Å². The summed E-state index contributed by atoms with van der Waals surface area (Å²) in [6, 6.07) is 6.63. The van der Waals surface area contributed by atoms with E-state index in [-0.39, 0.29) is 5.91 Å². The summed E-state index contributed by atoms with van der Waals surface area (Å²) in [6.07, 6.45) is 2.34. The van der Waals surface area contributed by atoms with Crippen LogP contribution in [-0.2, 0) is 0 Å². The number of benzene rings is 1. The molecule has 0 radical (unpaired) electrons. The Morgan fingerprint density at radius 2 is 2.05 bits per heavy atom. The van der Waals surface area contributed by atoms with E-state index in [1.54, 1.807) is 12.1 Å². The lowest BCUT2D eigenvalue weighted by atomic mass is 10.2. The van der Waals surface area contributed by atoms with E-state index in [1.165, 1.54) is 18.9 Å². The molecule has 0 bridgehead atoms. The van der Waals surface area contributed by atoms with Crippen LogP contribution in [-0.4, -0.2) is 16.1 Å². The lowest BCUT2D eigenvalue weighted by Crippen LogP contribution is -2.12. The number of nitrogens with zero attached hydrogens (tertiary/aromatic N) is 1. The molecule has 19 heavy (non-hydrogen) atoms. The number of carbonyl (C=O) groups excluding carboxylic acids is 1. The van der Waals surface area contributed by atoms with Crippen LogP contribution in [0.25, 0.3) is 0 Å². The van der Waals surface area contributed by atoms with E-state index in [9.17, 15) is 4.79 Å². The fourth-order valence-corrected chi connectivity index (χ4v) is 2.12. The van der Waals surface area contributed by atoms with Gasteiger partial charge >= 0.3 is 0 Å². The van der Waals surface area contributed by atoms with Gasteiger partial charge in [-0.05, 0) is 31.0 Å².